The van der Waals surface area contributed by atoms with Crippen molar-refractivity contribution in [1.82, 2.24) is 15.2 Å². The number of carbonyl (C=O) groups is 1. The molecule has 1 saturated carbocycles. The van der Waals surface area contributed by atoms with Gasteiger partial charge in [-0.15, -0.1) is 0 Å². The van der Waals surface area contributed by atoms with E-state index in [0.29, 0.717) is 17.0 Å². The Labute approximate surface area is 181 Å². The molecule has 1 aliphatic carbocycles. The van der Waals surface area contributed by atoms with Crippen LogP contribution in [0.4, 0.5) is 10.1 Å². The fraction of sp³-hybridized carbons (Fsp3) is 0.360. The summed E-state index contributed by atoms with van der Waals surface area (Å²) in [7, 11) is 4.19. The minimum atomic E-state index is -0.480. The van der Waals surface area contributed by atoms with E-state index in [4.69, 9.17) is 0 Å². The van der Waals surface area contributed by atoms with Gasteiger partial charge in [-0.05, 0) is 63.0 Å². The Kier molecular flexibility index (Phi) is 4.70. The zero-order valence-electron chi connectivity index (χ0n) is 18.2. The number of anilines is 1. The number of carbonyl (C=O) groups excluding carboxylic acids is 1. The summed E-state index contributed by atoms with van der Waals surface area (Å²) in [6.07, 6.45) is 4.96. The van der Waals surface area contributed by atoms with Crippen molar-refractivity contribution in [1.29, 1.82) is 0 Å². The first-order valence-electron chi connectivity index (χ1n) is 10.8. The molecule has 1 saturated heterocycles. The molecule has 5 rings (SSSR count). The highest BCUT2D eigenvalue weighted by Crippen LogP contribution is 2.48. The average Bonchev–Trinajstić information content (AvgIpc) is 3.48. The fourth-order valence-electron chi connectivity index (χ4n) is 4.46. The second kappa shape index (κ2) is 7.31. The number of fused-ring (bicyclic) bond motifs is 1. The van der Waals surface area contributed by atoms with Gasteiger partial charge in [0.25, 0.3) is 5.91 Å². The van der Waals surface area contributed by atoms with Crippen LogP contribution >= 0.6 is 0 Å². The molecule has 1 aliphatic heterocycles. The van der Waals surface area contributed by atoms with Gasteiger partial charge in [-0.2, -0.15) is 0 Å². The summed E-state index contributed by atoms with van der Waals surface area (Å²) >= 11 is 0. The van der Waals surface area contributed by atoms with Gasteiger partial charge in [0.2, 0.25) is 0 Å². The monoisotopic (exact) mass is 418 g/mol. The number of pyridine rings is 1. The molecule has 2 aliphatic rings. The fourth-order valence-corrected chi connectivity index (χ4v) is 4.46. The number of hydrogen-bond donors (Lipinski definition) is 1. The lowest BCUT2D eigenvalue weighted by atomic mass is 9.98. The van der Waals surface area contributed by atoms with Gasteiger partial charge in [0.1, 0.15) is 5.82 Å². The maximum Gasteiger partial charge on any atom is 0.252 e. The van der Waals surface area contributed by atoms with E-state index in [1.807, 2.05) is 25.1 Å². The number of halogens is 1. The maximum absolute atomic E-state index is 14.3. The summed E-state index contributed by atoms with van der Waals surface area (Å²) in [4.78, 5) is 22.1. The first-order chi connectivity index (χ1) is 14.9. The van der Waals surface area contributed by atoms with Crippen LogP contribution in [-0.4, -0.2) is 49.0 Å². The molecule has 2 aromatic carbocycles. The molecule has 0 atom stereocenters. The lowest BCUT2D eigenvalue weighted by Gasteiger charge is -2.44. The number of benzene rings is 2. The molecule has 0 unspecified atom stereocenters. The molecular formula is C25H27FN4O. The zero-order chi connectivity index (χ0) is 21.8. The first kappa shape index (κ1) is 19.9. The van der Waals surface area contributed by atoms with Crippen molar-refractivity contribution in [3.63, 3.8) is 0 Å². The molecule has 0 bridgehead atoms. The predicted octanol–water partition coefficient (Wildman–Crippen LogP) is 3.85. The summed E-state index contributed by atoms with van der Waals surface area (Å²) in [6.45, 7) is 3.90. The largest absolute Gasteiger partial charge is 0.368 e. The number of amides is 1. The predicted molar refractivity (Wildman–Crippen MR) is 121 cm³/mol. The van der Waals surface area contributed by atoms with Crippen molar-refractivity contribution in [2.24, 2.45) is 0 Å². The summed E-state index contributed by atoms with van der Waals surface area (Å²) in [5, 5.41) is 4.56. The molecule has 160 valence electrons. The number of aromatic nitrogens is 1. The van der Waals surface area contributed by atoms with Gasteiger partial charge in [0.05, 0.1) is 5.54 Å². The van der Waals surface area contributed by atoms with Crippen LogP contribution in [-0.2, 0) is 5.54 Å². The summed E-state index contributed by atoms with van der Waals surface area (Å²) < 4.78 is 14.3. The molecule has 1 N–H and O–H groups in total. The molecular weight excluding hydrogens is 391 g/mol. The minimum Gasteiger partial charge on any atom is -0.368 e. The van der Waals surface area contributed by atoms with Crippen molar-refractivity contribution >= 4 is 22.4 Å². The lowest BCUT2D eigenvalue weighted by molar-refractivity contribution is 0.0930. The number of nitrogens with one attached hydrogen (secondary N) is 1. The van der Waals surface area contributed by atoms with Gasteiger partial charge in [0.15, 0.2) is 0 Å². The average molecular weight is 419 g/mol. The van der Waals surface area contributed by atoms with Crippen LogP contribution in [0.1, 0.15) is 34.3 Å². The second-order valence-corrected chi connectivity index (χ2v) is 9.08. The number of likely N-dealkylation sites (N-methyl/N-ethyl adjacent to an activating group) is 1. The molecule has 6 heteroatoms. The molecule has 1 aromatic heterocycles. The Morgan fingerprint density at radius 3 is 2.65 bits per heavy atom. The van der Waals surface area contributed by atoms with E-state index in [1.54, 1.807) is 18.5 Å². The Hall–Kier alpha value is -2.99. The van der Waals surface area contributed by atoms with E-state index in [2.05, 4.69) is 40.3 Å². The lowest BCUT2D eigenvalue weighted by Crippen LogP contribution is -2.57. The molecule has 3 aromatic rings. The number of hydrogen-bond acceptors (Lipinski definition) is 4. The van der Waals surface area contributed by atoms with Gasteiger partial charge >= 0.3 is 0 Å². The van der Waals surface area contributed by atoms with Crippen molar-refractivity contribution in [3.05, 3.63) is 71.3 Å². The molecule has 0 radical (unpaired) electrons. The Morgan fingerprint density at radius 1 is 1.16 bits per heavy atom. The molecule has 2 heterocycles. The van der Waals surface area contributed by atoms with E-state index < -0.39 is 5.54 Å². The number of aryl methyl sites for hydroxylation is 1. The quantitative estimate of drug-likeness (QED) is 0.684. The normalized spacial score (nSPS) is 17.6. The van der Waals surface area contributed by atoms with Gasteiger partial charge in [0, 0.05) is 53.7 Å². The second-order valence-electron chi connectivity index (χ2n) is 9.08. The summed E-state index contributed by atoms with van der Waals surface area (Å²) in [5.74, 6) is -0.377. The highest BCUT2D eigenvalue weighted by atomic mass is 19.1. The molecule has 2 fully saturated rings. The molecule has 5 nitrogen and oxygen atoms in total. The van der Waals surface area contributed by atoms with E-state index in [1.165, 1.54) is 6.07 Å². The van der Waals surface area contributed by atoms with Gasteiger partial charge in [-0.3, -0.25) is 9.78 Å². The highest BCUT2D eigenvalue weighted by Gasteiger charge is 2.47. The van der Waals surface area contributed by atoms with Crippen molar-refractivity contribution in [2.75, 3.05) is 32.1 Å². The molecule has 0 spiro atoms. The summed E-state index contributed by atoms with van der Waals surface area (Å²) in [6, 6.07) is 11.7. The van der Waals surface area contributed by atoms with Crippen LogP contribution in [0.3, 0.4) is 0 Å². The van der Waals surface area contributed by atoms with Crippen molar-refractivity contribution in [3.8, 4) is 0 Å². The standard InChI is InChI=1S/C25H27FN4O/c1-16-7-8-17(30-14-18(15-30)29(2)3)11-20(16)24(31)28-25(9-10-25)22-13-27-12-21-19(22)5-4-6-23(21)26/h4-8,11-13,18H,9-10,14-15H2,1-3H3,(H,28,31). The van der Waals surface area contributed by atoms with Gasteiger partial charge in [-0.1, -0.05) is 18.2 Å². The Balaban J connectivity index is 1.41. The van der Waals surface area contributed by atoms with E-state index in [0.717, 1.165) is 48.1 Å². The number of nitrogens with zero attached hydrogens (tertiary/aromatic N) is 3. The van der Waals surface area contributed by atoms with Crippen LogP contribution < -0.4 is 10.2 Å². The highest BCUT2D eigenvalue weighted by molar-refractivity contribution is 5.98. The number of rotatable bonds is 5. The third-order valence-corrected chi connectivity index (χ3v) is 6.79. The smallest absolute Gasteiger partial charge is 0.252 e. The Bertz CT molecular complexity index is 1170. The van der Waals surface area contributed by atoms with Crippen LogP contribution in [0.2, 0.25) is 0 Å². The van der Waals surface area contributed by atoms with Gasteiger partial charge in [-0.25, -0.2) is 4.39 Å². The van der Waals surface area contributed by atoms with Crippen molar-refractivity contribution < 1.29 is 9.18 Å². The van der Waals surface area contributed by atoms with Crippen LogP contribution in [0.15, 0.2) is 48.8 Å². The van der Waals surface area contributed by atoms with Gasteiger partial charge < -0.3 is 15.1 Å². The first-order valence-corrected chi connectivity index (χ1v) is 10.8. The van der Waals surface area contributed by atoms with E-state index in [-0.39, 0.29) is 11.7 Å². The maximum atomic E-state index is 14.3. The van der Waals surface area contributed by atoms with E-state index in [9.17, 15) is 9.18 Å². The molecule has 1 amide bonds. The van der Waals surface area contributed by atoms with Crippen molar-refractivity contribution in [2.45, 2.75) is 31.3 Å². The topological polar surface area (TPSA) is 48.5 Å². The third kappa shape index (κ3) is 3.45. The van der Waals surface area contributed by atoms with Crippen LogP contribution in [0.5, 0.6) is 0 Å². The van der Waals surface area contributed by atoms with Crippen LogP contribution in [0, 0.1) is 12.7 Å². The Morgan fingerprint density at radius 2 is 1.94 bits per heavy atom. The zero-order valence-corrected chi connectivity index (χ0v) is 18.2. The van der Waals surface area contributed by atoms with E-state index >= 15 is 0 Å². The van der Waals surface area contributed by atoms with Crippen LogP contribution in [0.25, 0.3) is 10.8 Å². The third-order valence-electron chi connectivity index (χ3n) is 6.79. The SMILES string of the molecule is Cc1ccc(N2CC(N(C)C)C2)cc1C(=O)NC1(c2cncc3c(F)cccc23)CC1. The molecule has 31 heavy (non-hydrogen) atoms. The minimum absolute atomic E-state index is 0.0880. The summed E-state index contributed by atoms with van der Waals surface area (Å²) in [5.41, 5.74) is 3.13.